The Balaban J connectivity index is 0.000000230. The molecule has 0 saturated carbocycles. The molecular formula is C24H38N2O11S. The van der Waals surface area contributed by atoms with E-state index < -0.39 is 74.6 Å². The molecule has 8 N–H and O–H groups in total. The Kier molecular flexibility index (Phi) is 11.6. The van der Waals surface area contributed by atoms with E-state index in [1.54, 1.807) is 11.3 Å². The highest BCUT2D eigenvalue weighted by Crippen LogP contribution is 2.28. The van der Waals surface area contributed by atoms with Gasteiger partial charge in [0.25, 0.3) is 0 Å². The van der Waals surface area contributed by atoms with Crippen LogP contribution in [-0.4, -0.2) is 146 Å². The van der Waals surface area contributed by atoms with Crippen LogP contribution in [-0.2, 0) is 14.2 Å². The lowest BCUT2D eigenvalue weighted by Crippen LogP contribution is -2.64. The summed E-state index contributed by atoms with van der Waals surface area (Å²) in [5, 5.41) is 78.6. The number of aliphatic hydroxyl groups excluding tert-OH is 8. The van der Waals surface area contributed by atoms with Gasteiger partial charge >= 0.3 is 0 Å². The molecule has 4 rings (SSSR count). The van der Waals surface area contributed by atoms with Crippen molar-refractivity contribution in [3.8, 4) is 0 Å². The van der Waals surface area contributed by atoms with Crippen molar-refractivity contribution in [3.05, 3.63) is 28.0 Å². The number of amidine groups is 1. The third-order valence-electron chi connectivity index (χ3n) is 6.58. The van der Waals surface area contributed by atoms with E-state index in [4.69, 9.17) is 19.3 Å². The molecule has 14 heteroatoms. The molecular weight excluding hydrogens is 524 g/mol. The molecule has 3 aliphatic heterocycles. The molecule has 10 atom stereocenters. The fraction of sp³-hybridized carbons (Fsp3) is 0.708. The molecule has 2 fully saturated rings. The van der Waals surface area contributed by atoms with E-state index in [1.165, 1.54) is 16.9 Å². The van der Waals surface area contributed by atoms with Crippen LogP contribution in [0.3, 0.4) is 0 Å². The lowest BCUT2D eigenvalue weighted by molar-refractivity contribution is -0.355. The van der Waals surface area contributed by atoms with Crippen molar-refractivity contribution < 1.29 is 55.1 Å². The van der Waals surface area contributed by atoms with Gasteiger partial charge in [0.05, 0.1) is 13.2 Å². The van der Waals surface area contributed by atoms with E-state index in [1.807, 2.05) is 0 Å². The summed E-state index contributed by atoms with van der Waals surface area (Å²) in [6.07, 6.45) is -10.1. The van der Waals surface area contributed by atoms with Crippen LogP contribution in [0.1, 0.15) is 16.9 Å². The maximum Gasteiger partial charge on any atom is 0.187 e. The Labute approximate surface area is 224 Å². The van der Waals surface area contributed by atoms with E-state index in [-0.39, 0.29) is 0 Å². The molecule has 0 spiro atoms. The first kappa shape index (κ1) is 31.0. The van der Waals surface area contributed by atoms with Crippen molar-refractivity contribution in [1.82, 2.24) is 4.90 Å². The van der Waals surface area contributed by atoms with Gasteiger partial charge in [0, 0.05) is 25.0 Å². The third-order valence-corrected chi connectivity index (χ3v) is 7.57. The predicted octanol–water partition coefficient (Wildman–Crippen LogP) is -2.59. The molecule has 0 amide bonds. The first-order valence-corrected chi connectivity index (χ1v) is 13.2. The number of ether oxygens (including phenoxy) is 3. The summed E-state index contributed by atoms with van der Waals surface area (Å²) in [7, 11) is 2.10. The molecule has 4 heterocycles. The number of aliphatic hydroxyl groups is 8. The van der Waals surface area contributed by atoms with Crippen molar-refractivity contribution in [2.75, 3.05) is 33.4 Å². The van der Waals surface area contributed by atoms with Gasteiger partial charge in [0.15, 0.2) is 12.6 Å². The number of rotatable bonds is 6. The minimum absolute atomic E-state index is 0.667. The predicted molar refractivity (Wildman–Crippen MR) is 136 cm³/mol. The minimum atomic E-state index is -1.74. The quantitative estimate of drug-likeness (QED) is 0.180. The summed E-state index contributed by atoms with van der Waals surface area (Å²) in [4.78, 5) is 8.04. The van der Waals surface area contributed by atoms with Gasteiger partial charge in [-0.1, -0.05) is 0 Å². The number of nitrogens with zero attached hydrogens (tertiary/aromatic N) is 2. The zero-order valence-corrected chi connectivity index (χ0v) is 22.0. The van der Waals surface area contributed by atoms with Crippen LogP contribution in [0.4, 0.5) is 0 Å². The van der Waals surface area contributed by atoms with Gasteiger partial charge in [0.2, 0.25) is 0 Å². The van der Waals surface area contributed by atoms with Crippen molar-refractivity contribution in [1.29, 1.82) is 0 Å². The van der Waals surface area contributed by atoms with Crippen molar-refractivity contribution in [2.24, 2.45) is 4.99 Å². The van der Waals surface area contributed by atoms with Gasteiger partial charge < -0.3 is 60.0 Å². The molecule has 1 aromatic heterocycles. The van der Waals surface area contributed by atoms with Crippen LogP contribution in [0.15, 0.2) is 22.5 Å². The highest BCUT2D eigenvalue weighted by molar-refractivity contribution is 7.11. The Morgan fingerprint density at radius 3 is 2.29 bits per heavy atom. The molecule has 1 aromatic rings. The molecule has 0 aromatic carbocycles. The van der Waals surface area contributed by atoms with Crippen molar-refractivity contribution in [2.45, 2.75) is 74.8 Å². The summed E-state index contributed by atoms with van der Waals surface area (Å²) in [5.74, 6) is 1.11. The zero-order valence-electron chi connectivity index (χ0n) is 21.2. The summed E-state index contributed by atoms with van der Waals surface area (Å²) < 4.78 is 15.3. The number of thiophene rings is 1. The Hall–Kier alpha value is -1.53. The summed E-state index contributed by atoms with van der Waals surface area (Å²) in [6, 6.07) is 2.15. The molecule has 0 unspecified atom stereocenters. The van der Waals surface area contributed by atoms with Crippen LogP contribution in [0, 0.1) is 6.92 Å². The number of hydrogen-bond donors (Lipinski definition) is 8. The molecule has 216 valence electrons. The monoisotopic (exact) mass is 562 g/mol. The first-order valence-electron chi connectivity index (χ1n) is 12.3. The smallest absolute Gasteiger partial charge is 0.187 e. The minimum Gasteiger partial charge on any atom is -0.394 e. The normalized spacial score (nSPS) is 38.1. The van der Waals surface area contributed by atoms with Crippen LogP contribution in [0.5, 0.6) is 0 Å². The average molecular weight is 563 g/mol. The van der Waals surface area contributed by atoms with Gasteiger partial charge in [-0.05, 0) is 42.5 Å². The molecule has 38 heavy (non-hydrogen) atoms. The second-order valence-electron chi connectivity index (χ2n) is 9.34. The molecule has 2 saturated heterocycles. The Bertz CT molecular complexity index is 927. The lowest BCUT2D eigenvalue weighted by Gasteiger charge is -2.45. The number of aryl methyl sites for hydroxylation is 1. The van der Waals surface area contributed by atoms with Crippen LogP contribution in [0.2, 0.25) is 0 Å². The van der Waals surface area contributed by atoms with Gasteiger partial charge in [-0.3, -0.25) is 4.99 Å². The second kappa shape index (κ2) is 14.2. The summed E-state index contributed by atoms with van der Waals surface area (Å²) >= 11 is 1.78. The highest BCUT2D eigenvalue weighted by atomic mass is 32.1. The summed E-state index contributed by atoms with van der Waals surface area (Å²) in [5.41, 5.74) is 1.34. The lowest BCUT2D eigenvalue weighted by atomic mass is 9.97. The van der Waals surface area contributed by atoms with E-state index >= 15 is 0 Å². The van der Waals surface area contributed by atoms with E-state index in [0.717, 1.165) is 18.9 Å². The molecule has 0 aliphatic carbocycles. The standard InChI is InChI=1S/C12H16N2S.C12H22O11/c1-10-6-9-15-11(10)4-5-12-13-7-3-8-14(12)2;13-1-3-5(15)6(16)9(19)12(22-3)23-10-4(2-14)21-11(20)8(18)7(10)17/h4-6,9H,3,7-8H2,1-2H3;3-20H,1-2H2/b5-4+;/t;3-,4-,5+,6+,7-,8-,9-,10-,11-,12+/m.1/s1. The van der Waals surface area contributed by atoms with Crippen LogP contribution in [0.25, 0.3) is 6.08 Å². The number of hydrogen-bond acceptors (Lipinski definition) is 14. The topological polar surface area (TPSA) is 205 Å². The molecule has 0 radical (unpaired) electrons. The van der Waals surface area contributed by atoms with Crippen LogP contribution < -0.4 is 0 Å². The molecule has 0 bridgehead atoms. The zero-order chi connectivity index (χ0) is 28.0. The molecule has 3 aliphatic rings. The van der Waals surface area contributed by atoms with Gasteiger partial charge in [-0.2, -0.15) is 0 Å². The van der Waals surface area contributed by atoms with Crippen molar-refractivity contribution in [3.63, 3.8) is 0 Å². The van der Waals surface area contributed by atoms with Gasteiger partial charge in [0.1, 0.15) is 54.7 Å². The average Bonchev–Trinajstić information content (AvgIpc) is 3.33. The Morgan fingerprint density at radius 1 is 0.974 bits per heavy atom. The van der Waals surface area contributed by atoms with E-state index in [9.17, 15) is 35.7 Å². The van der Waals surface area contributed by atoms with Gasteiger partial charge in [-0.15, -0.1) is 11.3 Å². The van der Waals surface area contributed by atoms with Crippen molar-refractivity contribution >= 4 is 23.2 Å². The SMILES string of the molecule is Cc1ccsc1/C=C/C1=NCCCN1C.OC[C@H]1O[C@@H](O[C@H]2[C@H](O)[C@@H](O)[C@H](O)O[C@@H]2CO)[C@H](O)[C@@H](O)[C@H]1O. The largest absolute Gasteiger partial charge is 0.394 e. The number of likely N-dealkylation sites (N-methyl/N-ethyl adjacent to an activating group) is 1. The maximum atomic E-state index is 9.94. The Morgan fingerprint density at radius 2 is 1.68 bits per heavy atom. The summed E-state index contributed by atoms with van der Waals surface area (Å²) in [6.45, 7) is 2.88. The first-order chi connectivity index (χ1) is 18.1. The molecule has 13 nitrogen and oxygen atoms in total. The maximum absolute atomic E-state index is 9.94. The number of aliphatic imine (C=N–C) groups is 1. The highest BCUT2D eigenvalue weighted by Gasteiger charge is 2.50. The second-order valence-corrected chi connectivity index (χ2v) is 10.3. The fourth-order valence-electron chi connectivity index (χ4n) is 4.19. The van der Waals surface area contributed by atoms with Gasteiger partial charge in [-0.25, -0.2) is 0 Å². The van der Waals surface area contributed by atoms with Crippen LogP contribution >= 0.6 is 11.3 Å². The third kappa shape index (κ3) is 7.35. The van der Waals surface area contributed by atoms with E-state index in [2.05, 4.69) is 47.5 Å². The fourth-order valence-corrected chi connectivity index (χ4v) is 5.01. The van der Waals surface area contributed by atoms with E-state index in [0.29, 0.717) is 0 Å².